The van der Waals surface area contributed by atoms with Gasteiger partial charge in [0, 0.05) is 5.56 Å². The lowest BCUT2D eigenvalue weighted by Crippen LogP contribution is -2.28. The van der Waals surface area contributed by atoms with Gasteiger partial charge in [-0.3, -0.25) is 4.79 Å². The molecule has 0 aliphatic carbocycles. The van der Waals surface area contributed by atoms with E-state index < -0.39 is 0 Å². The molecule has 0 spiro atoms. The molecule has 0 N–H and O–H groups in total. The Bertz CT molecular complexity index is 804. The van der Waals surface area contributed by atoms with E-state index >= 15 is 0 Å². The molecule has 27 heavy (non-hydrogen) atoms. The van der Waals surface area contributed by atoms with Crippen molar-refractivity contribution in [1.29, 1.82) is 0 Å². The van der Waals surface area contributed by atoms with Crippen molar-refractivity contribution in [2.24, 2.45) is 0 Å². The molecule has 1 heterocycles. The van der Waals surface area contributed by atoms with E-state index in [0.717, 1.165) is 16.9 Å². The lowest BCUT2D eigenvalue weighted by Gasteiger charge is -2.27. The molecule has 2 aromatic rings. The highest BCUT2D eigenvalue weighted by Crippen LogP contribution is 2.47. The first-order chi connectivity index (χ1) is 13.1. The van der Waals surface area contributed by atoms with Crippen molar-refractivity contribution in [2.75, 3.05) is 34.2 Å². The normalized spacial score (nSPS) is 16.4. The Hall–Kier alpha value is -2.54. The van der Waals surface area contributed by atoms with Crippen molar-refractivity contribution in [3.8, 4) is 23.0 Å². The maximum atomic E-state index is 12.7. The summed E-state index contributed by atoms with van der Waals surface area (Å²) in [5, 5.41) is -0.209. The number of methoxy groups -OCH3 is 4. The van der Waals surface area contributed by atoms with Crippen LogP contribution in [0.25, 0.3) is 0 Å². The Morgan fingerprint density at radius 3 is 2.22 bits per heavy atom. The van der Waals surface area contributed by atoms with Crippen LogP contribution >= 0.6 is 11.8 Å². The zero-order chi connectivity index (χ0) is 19.4. The van der Waals surface area contributed by atoms with E-state index in [1.807, 2.05) is 41.3 Å². The first-order valence-corrected chi connectivity index (χ1v) is 9.50. The molecule has 6 nitrogen and oxygen atoms in total. The number of carbonyl (C=O) groups is 1. The molecule has 1 atom stereocenters. The van der Waals surface area contributed by atoms with Gasteiger partial charge >= 0.3 is 0 Å². The van der Waals surface area contributed by atoms with Crippen LogP contribution < -0.4 is 18.9 Å². The summed E-state index contributed by atoms with van der Waals surface area (Å²) in [6.45, 7) is 0.401. The van der Waals surface area contributed by atoms with Crippen LogP contribution in [-0.2, 0) is 11.3 Å². The molecule has 3 rings (SSSR count). The van der Waals surface area contributed by atoms with Crippen LogP contribution in [0.1, 0.15) is 16.5 Å². The maximum Gasteiger partial charge on any atom is 0.234 e. The minimum atomic E-state index is -0.209. The minimum absolute atomic E-state index is 0.0582. The van der Waals surface area contributed by atoms with Gasteiger partial charge in [0.1, 0.15) is 28.4 Å². The second-order valence-corrected chi connectivity index (χ2v) is 7.01. The first kappa shape index (κ1) is 19.2. The van der Waals surface area contributed by atoms with E-state index in [4.69, 9.17) is 18.9 Å². The molecule has 1 saturated heterocycles. The summed E-state index contributed by atoms with van der Waals surface area (Å²) < 4.78 is 21.9. The lowest BCUT2D eigenvalue weighted by molar-refractivity contribution is -0.128. The molecule has 0 radical (unpaired) electrons. The molecule has 2 aromatic carbocycles. The Kier molecular flexibility index (Phi) is 6.01. The van der Waals surface area contributed by atoms with Crippen LogP contribution in [0.5, 0.6) is 23.0 Å². The van der Waals surface area contributed by atoms with Crippen LogP contribution in [-0.4, -0.2) is 45.0 Å². The molecular formula is C20H23NO5S. The molecule has 1 amide bonds. The minimum Gasteiger partial charge on any atom is -0.497 e. The molecular weight excluding hydrogens is 366 g/mol. The molecule has 0 bridgehead atoms. The number of benzene rings is 2. The van der Waals surface area contributed by atoms with Gasteiger partial charge in [-0.05, 0) is 30.3 Å². The highest BCUT2D eigenvalue weighted by molar-refractivity contribution is 8.00. The number of carbonyl (C=O) groups excluding carboxylic acids is 1. The number of ether oxygens (including phenoxy) is 4. The first-order valence-electron chi connectivity index (χ1n) is 8.45. The van der Waals surface area contributed by atoms with Crippen LogP contribution in [0.4, 0.5) is 0 Å². The van der Waals surface area contributed by atoms with Crippen molar-refractivity contribution < 1.29 is 23.7 Å². The lowest BCUT2D eigenvalue weighted by atomic mass is 10.1. The third kappa shape index (κ3) is 3.78. The van der Waals surface area contributed by atoms with Gasteiger partial charge in [0.2, 0.25) is 5.91 Å². The van der Waals surface area contributed by atoms with Crippen molar-refractivity contribution in [3.05, 3.63) is 47.5 Å². The summed E-state index contributed by atoms with van der Waals surface area (Å²) in [6, 6.07) is 11.2. The van der Waals surface area contributed by atoms with Crippen LogP contribution in [0.15, 0.2) is 36.4 Å². The highest BCUT2D eigenvalue weighted by Gasteiger charge is 2.37. The van der Waals surface area contributed by atoms with E-state index in [9.17, 15) is 4.79 Å². The number of amides is 1. The van der Waals surface area contributed by atoms with Crippen LogP contribution in [0.3, 0.4) is 0 Å². The zero-order valence-corrected chi connectivity index (χ0v) is 16.7. The molecule has 7 heteroatoms. The molecule has 1 unspecified atom stereocenters. The molecule has 1 aliphatic rings. The quantitative estimate of drug-likeness (QED) is 0.723. The molecule has 1 fully saturated rings. The summed E-state index contributed by atoms with van der Waals surface area (Å²) >= 11 is 1.56. The predicted molar refractivity (Wildman–Crippen MR) is 105 cm³/mol. The van der Waals surface area contributed by atoms with Crippen molar-refractivity contribution in [2.45, 2.75) is 11.9 Å². The predicted octanol–water partition coefficient (Wildman–Crippen LogP) is 3.50. The Morgan fingerprint density at radius 2 is 1.63 bits per heavy atom. The topological polar surface area (TPSA) is 57.2 Å². The monoisotopic (exact) mass is 389 g/mol. The van der Waals surface area contributed by atoms with E-state index in [1.165, 1.54) is 0 Å². The molecule has 1 aliphatic heterocycles. The van der Waals surface area contributed by atoms with Gasteiger partial charge in [0.05, 0.1) is 46.3 Å². The van der Waals surface area contributed by atoms with E-state index in [0.29, 0.717) is 29.5 Å². The third-order valence-electron chi connectivity index (χ3n) is 4.51. The number of nitrogens with zero attached hydrogens (tertiary/aromatic N) is 1. The van der Waals surface area contributed by atoms with Gasteiger partial charge in [-0.15, -0.1) is 11.8 Å². The average Bonchev–Trinajstić information content (AvgIpc) is 3.07. The van der Waals surface area contributed by atoms with Crippen molar-refractivity contribution in [3.63, 3.8) is 0 Å². The van der Waals surface area contributed by atoms with Gasteiger partial charge in [-0.1, -0.05) is 6.07 Å². The second-order valence-electron chi connectivity index (χ2n) is 5.94. The maximum absolute atomic E-state index is 12.7. The third-order valence-corrected chi connectivity index (χ3v) is 5.73. The summed E-state index contributed by atoms with van der Waals surface area (Å²) in [7, 11) is 6.47. The van der Waals surface area contributed by atoms with Gasteiger partial charge < -0.3 is 23.8 Å². The average molecular weight is 389 g/mol. The van der Waals surface area contributed by atoms with E-state index in [2.05, 4.69) is 0 Å². The molecule has 0 saturated carbocycles. The van der Waals surface area contributed by atoms with Gasteiger partial charge in [-0.2, -0.15) is 0 Å². The number of hydrogen-bond donors (Lipinski definition) is 0. The number of rotatable bonds is 7. The Morgan fingerprint density at radius 1 is 0.963 bits per heavy atom. The van der Waals surface area contributed by atoms with Gasteiger partial charge in [-0.25, -0.2) is 0 Å². The molecule has 0 aromatic heterocycles. The Balaban J connectivity index is 2.00. The fraction of sp³-hybridized carbons (Fsp3) is 0.350. The van der Waals surface area contributed by atoms with Gasteiger partial charge in [0.15, 0.2) is 0 Å². The largest absolute Gasteiger partial charge is 0.497 e. The fourth-order valence-electron chi connectivity index (χ4n) is 3.18. The molecule has 144 valence electrons. The van der Waals surface area contributed by atoms with Crippen LogP contribution in [0.2, 0.25) is 0 Å². The fourth-order valence-corrected chi connectivity index (χ4v) is 4.41. The van der Waals surface area contributed by atoms with Crippen LogP contribution in [0, 0.1) is 0 Å². The summed E-state index contributed by atoms with van der Waals surface area (Å²) in [4.78, 5) is 14.5. The van der Waals surface area contributed by atoms with Crippen molar-refractivity contribution in [1.82, 2.24) is 4.90 Å². The number of hydrogen-bond acceptors (Lipinski definition) is 6. The Labute approximate surface area is 163 Å². The van der Waals surface area contributed by atoms with E-state index in [-0.39, 0.29) is 11.3 Å². The van der Waals surface area contributed by atoms with Gasteiger partial charge in [0.25, 0.3) is 0 Å². The smallest absolute Gasteiger partial charge is 0.234 e. The number of thioether (sulfide) groups is 1. The summed E-state index contributed by atoms with van der Waals surface area (Å²) in [6.07, 6.45) is 0. The summed E-state index contributed by atoms with van der Waals surface area (Å²) in [5.74, 6) is 3.29. The second kappa shape index (κ2) is 8.43. The standard InChI is InChI=1S/C20H23NO5S/c1-23-14-8-9-15(24-2)13(10-14)11-21-18(22)12-27-20(21)19-16(25-3)6-5-7-17(19)26-4/h5-10,20H,11-12H2,1-4H3. The summed E-state index contributed by atoms with van der Waals surface area (Å²) in [5.41, 5.74) is 1.74. The highest BCUT2D eigenvalue weighted by atomic mass is 32.2. The van der Waals surface area contributed by atoms with E-state index in [1.54, 1.807) is 40.2 Å². The van der Waals surface area contributed by atoms with Crippen molar-refractivity contribution >= 4 is 17.7 Å². The SMILES string of the molecule is COc1ccc(OC)c(CN2C(=O)CSC2c2c(OC)cccc2OC)c1. The zero-order valence-electron chi connectivity index (χ0n) is 15.9.